The Morgan fingerprint density at radius 1 is 1.19 bits per heavy atom. The molecule has 0 aliphatic rings. The third-order valence-corrected chi connectivity index (χ3v) is 4.37. The van der Waals surface area contributed by atoms with Crippen molar-refractivity contribution in [3.8, 4) is 34.1 Å². The van der Waals surface area contributed by atoms with Gasteiger partial charge in [0.15, 0.2) is 17.6 Å². The number of aromatic hydroxyl groups is 1. The highest BCUT2D eigenvalue weighted by Crippen LogP contribution is 2.33. The monoisotopic (exact) mass is 348 g/mol. The average Bonchev–Trinajstić information content (AvgIpc) is 3.17. The number of H-pyrrole nitrogens is 1. The van der Waals surface area contributed by atoms with Gasteiger partial charge in [-0.15, -0.1) is 0 Å². The van der Waals surface area contributed by atoms with E-state index in [4.69, 9.17) is 9.15 Å². The first-order valence-electron chi connectivity index (χ1n) is 8.01. The molecule has 0 atom stereocenters. The first kappa shape index (κ1) is 16.0. The highest BCUT2D eigenvalue weighted by atomic mass is 16.5. The number of methoxy groups -OCH3 is 1. The number of phenols is 1. The Labute approximate surface area is 148 Å². The van der Waals surface area contributed by atoms with Crippen molar-refractivity contribution < 1.29 is 14.3 Å². The molecule has 0 aliphatic heterocycles. The zero-order valence-corrected chi connectivity index (χ0v) is 14.2. The van der Waals surface area contributed by atoms with Crippen molar-refractivity contribution in [3.63, 3.8) is 0 Å². The van der Waals surface area contributed by atoms with Crippen molar-refractivity contribution in [2.24, 2.45) is 0 Å². The summed E-state index contributed by atoms with van der Waals surface area (Å²) in [4.78, 5) is 19.8. The van der Waals surface area contributed by atoms with Crippen LogP contribution in [0, 0.1) is 6.92 Å². The molecule has 0 aliphatic carbocycles. The Bertz CT molecular complexity index is 1160. The van der Waals surface area contributed by atoms with Gasteiger partial charge in [-0.25, -0.2) is 4.98 Å². The second kappa shape index (κ2) is 6.07. The molecule has 2 heterocycles. The Balaban J connectivity index is 1.94. The van der Waals surface area contributed by atoms with E-state index in [0.29, 0.717) is 33.7 Å². The molecule has 0 bridgehead atoms. The van der Waals surface area contributed by atoms with E-state index in [1.807, 2.05) is 13.0 Å². The van der Waals surface area contributed by atoms with Crippen LogP contribution < -0.4 is 10.2 Å². The van der Waals surface area contributed by atoms with E-state index in [1.165, 1.54) is 12.5 Å². The number of pyridine rings is 1. The number of aryl methyl sites for hydroxylation is 1. The van der Waals surface area contributed by atoms with Crippen LogP contribution in [-0.2, 0) is 0 Å². The molecular formula is C20H16N2O4. The molecule has 26 heavy (non-hydrogen) atoms. The summed E-state index contributed by atoms with van der Waals surface area (Å²) in [5, 5.41) is 10.5. The number of nitrogens with zero attached hydrogens (tertiary/aromatic N) is 1. The Hall–Kier alpha value is -3.54. The predicted molar refractivity (Wildman–Crippen MR) is 98.5 cm³/mol. The summed E-state index contributed by atoms with van der Waals surface area (Å²) in [6.45, 7) is 1.82. The van der Waals surface area contributed by atoms with Gasteiger partial charge in [0.05, 0.1) is 24.4 Å². The van der Waals surface area contributed by atoms with Crippen LogP contribution in [0.25, 0.3) is 33.5 Å². The van der Waals surface area contributed by atoms with Gasteiger partial charge in [0.25, 0.3) is 0 Å². The van der Waals surface area contributed by atoms with Gasteiger partial charge in [-0.2, -0.15) is 0 Å². The molecule has 2 N–H and O–H groups in total. The third kappa shape index (κ3) is 2.61. The summed E-state index contributed by atoms with van der Waals surface area (Å²) >= 11 is 0. The van der Waals surface area contributed by atoms with E-state index < -0.39 is 0 Å². The standard InChI is InChI=1S/C20H16N2O4/c1-11-3-4-12(5-17(11)23)15-7-18(24)13-6-14(20-9-21-10-26-20)19(25-2)8-16(13)22-15/h3-10,23H,1-2H3,(H,22,24). The minimum absolute atomic E-state index is 0.141. The average molecular weight is 348 g/mol. The zero-order valence-electron chi connectivity index (χ0n) is 14.2. The van der Waals surface area contributed by atoms with Gasteiger partial charge in [0.2, 0.25) is 0 Å². The fourth-order valence-corrected chi connectivity index (χ4v) is 2.92. The summed E-state index contributed by atoms with van der Waals surface area (Å²) in [6, 6.07) is 10.3. The molecule has 0 fully saturated rings. The molecule has 130 valence electrons. The number of ether oxygens (including phenoxy) is 1. The number of aromatic nitrogens is 2. The van der Waals surface area contributed by atoms with E-state index >= 15 is 0 Å². The molecule has 2 aromatic carbocycles. The van der Waals surface area contributed by atoms with Crippen LogP contribution in [-0.4, -0.2) is 22.2 Å². The molecule has 6 heteroatoms. The number of hydrogen-bond acceptors (Lipinski definition) is 5. The first-order valence-corrected chi connectivity index (χ1v) is 8.01. The van der Waals surface area contributed by atoms with Crippen LogP contribution in [0.5, 0.6) is 11.5 Å². The highest BCUT2D eigenvalue weighted by Gasteiger charge is 2.14. The third-order valence-electron chi connectivity index (χ3n) is 4.37. The number of phenolic OH excluding ortho intramolecular Hbond substituents is 1. The summed E-state index contributed by atoms with van der Waals surface area (Å²) in [5.41, 5.74) is 3.27. The molecule has 0 spiro atoms. The number of oxazole rings is 1. The Morgan fingerprint density at radius 2 is 2.04 bits per heavy atom. The zero-order chi connectivity index (χ0) is 18.3. The lowest BCUT2D eigenvalue weighted by Crippen LogP contribution is -2.04. The molecule has 0 amide bonds. The summed E-state index contributed by atoms with van der Waals surface area (Å²) in [7, 11) is 1.56. The van der Waals surface area contributed by atoms with Crippen molar-refractivity contribution in [1.29, 1.82) is 0 Å². The fraction of sp³-hybridized carbons (Fsp3) is 0.100. The van der Waals surface area contributed by atoms with E-state index in [1.54, 1.807) is 37.6 Å². The van der Waals surface area contributed by atoms with Gasteiger partial charge in [-0.3, -0.25) is 4.79 Å². The van der Waals surface area contributed by atoms with Gasteiger partial charge in [0, 0.05) is 28.8 Å². The van der Waals surface area contributed by atoms with Crippen LogP contribution in [0.3, 0.4) is 0 Å². The van der Waals surface area contributed by atoms with Crippen molar-refractivity contribution >= 4 is 10.9 Å². The lowest BCUT2D eigenvalue weighted by molar-refractivity contribution is 0.415. The predicted octanol–water partition coefficient (Wildman–Crippen LogP) is 3.87. The van der Waals surface area contributed by atoms with Crippen LogP contribution in [0.2, 0.25) is 0 Å². The number of hydrogen-bond donors (Lipinski definition) is 2. The molecule has 0 saturated heterocycles. The van der Waals surface area contributed by atoms with Crippen LogP contribution >= 0.6 is 0 Å². The summed E-state index contributed by atoms with van der Waals surface area (Å²) in [6.07, 6.45) is 2.90. The molecule has 6 nitrogen and oxygen atoms in total. The van der Waals surface area contributed by atoms with Crippen molar-refractivity contribution in [2.45, 2.75) is 6.92 Å². The molecule has 4 rings (SSSR count). The molecule has 4 aromatic rings. The highest BCUT2D eigenvalue weighted by molar-refractivity contribution is 5.88. The van der Waals surface area contributed by atoms with E-state index in [9.17, 15) is 9.90 Å². The van der Waals surface area contributed by atoms with E-state index in [2.05, 4.69) is 9.97 Å². The van der Waals surface area contributed by atoms with Gasteiger partial charge in [0.1, 0.15) is 11.5 Å². The number of rotatable bonds is 3. The topological polar surface area (TPSA) is 88.4 Å². The van der Waals surface area contributed by atoms with E-state index in [0.717, 1.165) is 11.1 Å². The van der Waals surface area contributed by atoms with Crippen LogP contribution in [0.4, 0.5) is 0 Å². The van der Waals surface area contributed by atoms with Gasteiger partial charge >= 0.3 is 0 Å². The number of nitrogens with one attached hydrogen (secondary N) is 1. The van der Waals surface area contributed by atoms with Gasteiger partial charge in [-0.1, -0.05) is 12.1 Å². The lowest BCUT2D eigenvalue weighted by Gasteiger charge is -2.10. The van der Waals surface area contributed by atoms with Crippen molar-refractivity contribution in [3.05, 3.63) is 64.8 Å². The summed E-state index contributed by atoms with van der Waals surface area (Å²) in [5.74, 6) is 1.27. The Morgan fingerprint density at radius 3 is 2.73 bits per heavy atom. The molecule has 0 radical (unpaired) electrons. The van der Waals surface area contributed by atoms with Gasteiger partial charge < -0.3 is 19.2 Å². The number of fused-ring (bicyclic) bond motifs is 1. The van der Waals surface area contributed by atoms with Crippen molar-refractivity contribution in [2.75, 3.05) is 7.11 Å². The molecule has 2 aromatic heterocycles. The maximum Gasteiger partial charge on any atom is 0.190 e. The molecular weight excluding hydrogens is 332 g/mol. The lowest BCUT2D eigenvalue weighted by atomic mass is 10.0. The first-order chi connectivity index (χ1) is 12.6. The maximum absolute atomic E-state index is 12.7. The Kier molecular flexibility index (Phi) is 3.73. The van der Waals surface area contributed by atoms with Crippen molar-refractivity contribution in [1.82, 2.24) is 9.97 Å². The quantitative estimate of drug-likeness (QED) is 0.587. The normalized spacial score (nSPS) is 11.0. The SMILES string of the molecule is COc1cc2[nH]c(-c3ccc(C)c(O)c3)cc(=O)c2cc1-c1cnco1. The second-order valence-electron chi connectivity index (χ2n) is 6.01. The minimum Gasteiger partial charge on any atom is -0.508 e. The smallest absolute Gasteiger partial charge is 0.190 e. The van der Waals surface area contributed by atoms with E-state index in [-0.39, 0.29) is 11.2 Å². The minimum atomic E-state index is -0.141. The van der Waals surface area contributed by atoms with Crippen LogP contribution in [0.1, 0.15) is 5.56 Å². The maximum atomic E-state index is 12.7. The molecule has 0 unspecified atom stereocenters. The van der Waals surface area contributed by atoms with Gasteiger partial charge in [-0.05, 0) is 24.6 Å². The number of benzene rings is 2. The van der Waals surface area contributed by atoms with Crippen LogP contribution in [0.15, 0.2) is 58.2 Å². The molecule has 0 saturated carbocycles. The largest absolute Gasteiger partial charge is 0.508 e. The second-order valence-corrected chi connectivity index (χ2v) is 6.01. The number of aromatic amines is 1. The fourth-order valence-electron chi connectivity index (χ4n) is 2.92. The summed E-state index contributed by atoms with van der Waals surface area (Å²) < 4.78 is 10.8.